The Morgan fingerprint density at radius 3 is 2.11 bits per heavy atom. The third-order valence-electron chi connectivity index (χ3n) is 1.07. The van der Waals surface area contributed by atoms with E-state index in [1.807, 2.05) is 6.07 Å². The number of hydrogen-bond acceptors (Lipinski definition) is 0. The third kappa shape index (κ3) is 2.31. The van der Waals surface area contributed by atoms with Gasteiger partial charge >= 0.3 is 77.6 Å². The van der Waals surface area contributed by atoms with Crippen LogP contribution >= 0.6 is 15.9 Å². The van der Waals surface area contributed by atoms with E-state index in [-0.39, 0.29) is 0 Å². The van der Waals surface area contributed by atoms with Gasteiger partial charge in [-0.3, -0.25) is 0 Å². The zero-order valence-electron chi connectivity index (χ0n) is 4.79. The van der Waals surface area contributed by atoms with Gasteiger partial charge in [-0.05, 0) is 0 Å². The first-order valence-electron chi connectivity index (χ1n) is 2.68. The van der Waals surface area contributed by atoms with E-state index in [0.29, 0.717) is 2.77 Å². The molecule has 0 heterocycles. The fourth-order valence-electron chi connectivity index (χ4n) is 0.612. The summed E-state index contributed by atoms with van der Waals surface area (Å²) < 4.78 is 0.521. The molecule has 0 bridgehead atoms. The number of benzene rings is 1. The fourth-order valence-corrected chi connectivity index (χ4v) is 1.41. The second-order valence-corrected chi connectivity index (χ2v) is 6.25. The third-order valence-corrected chi connectivity index (χ3v) is 2.45. The first-order chi connectivity index (χ1) is 4.30. The summed E-state index contributed by atoms with van der Waals surface area (Å²) in [5.41, 5.74) is 1.35. The van der Waals surface area contributed by atoms with E-state index >= 15 is 0 Å². The van der Waals surface area contributed by atoms with Crippen LogP contribution in [-0.4, -0.2) is 23.0 Å². The average Bonchev–Trinajstić information content (AvgIpc) is 1.90. The topological polar surface area (TPSA) is 0 Å². The Morgan fingerprint density at radius 1 is 1.22 bits per heavy atom. The minimum absolute atomic E-state index is 0.521. The van der Waals surface area contributed by atoms with Crippen molar-refractivity contribution in [3.8, 4) is 0 Å². The number of alkyl halides is 1. The summed E-state index contributed by atoms with van der Waals surface area (Å²) in [5, 5.41) is 0. The number of halogens is 1. The molecule has 0 spiro atoms. The maximum absolute atomic E-state index is 3.50. The maximum atomic E-state index is 3.50. The summed E-state index contributed by atoms with van der Waals surface area (Å²) in [5.74, 6) is 0. The molecular formula is C7H6BrSb. The van der Waals surface area contributed by atoms with E-state index in [9.17, 15) is 0 Å². The van der Waals surface area contributed by atoms with Crippen molar-refractivity contribution < 1.29 is 0 Å². The Kier molecular flexibility index (Phi) is 3.07. The molecule has 1 atom stereocenters. The van der Waals surface area contributed by atoms with Crippen LogP contribution in [0.2, 0.25) is 0 Å². The van der Waals surface area contributed by atoms with Gasteiger partial charge in [0, 0.05) is 0 Å². The summed E-state index contributed by atoms with van der Waals surface area (Å²) in [6.45, 7) is 0. The van der Waals surface area contributed by atoms with Crippen molar-refractivity contribution in [2.75, 3.05) is 0 Å². The summed E-state index contributed by atoms with van der Waals surface area (Å²) in [6, 6.07) is 10.4. The molecule has 0 saturated heterocycles. The predicted molar refractivity (Wildman–Crippen MR) is 43.9 cm³/mol. The van der Waals surface area contributed by atoms with Gasteiger partial charge in [0.25, 0.3) is 0 Å². The molecule has 9 heavy (non-hydrogen) atoms. The fraction of sp³-hybridized carbons (Fsp3) is 0.143. The van der Waals surface area contributed by atoms with Crippen molar-refractivity contribution in [2.24, 2.45) is 0 Å². The molecule has 1 aromatic rings. The van der Waals surface area contributed by atoms with Gasteiger partial charge in [-0.25, -0.2) is 0 Å². The van der Waals surface area contributed by atoms with Crippen LogP contribution in [0.5, 0.6) is 0 Å². The van der Waals surface area contributed by atoms with E-state index in [1.54, 1.807) is 23.0 Å². The van der Waals surface area contributed by atoms with Crippen molar-refractivity contribution in [1.29, 1.82) is 0 Å². The molecular weight excluding hydrogens is 286 g/mol. The second-order valence-electron chi connectivity index (χ2n) is 1.75. The molecule has 0 aromatic heterocycles. The monoisotopic (exact) mass is 290 g/mol. The van der Waals surface area contributed by atoms with Crippen LogP contribution in [0.15, 0.2) is 30.3 Å². The van der Waals surface area contributed by atoms with Gasteiger partial charge in [-0.2, -0.15) is 0 Å². The van der Waals surface area contributed by atoms with Gasteiger partial charge in [0.15, 0.2) is 0 Å². The zero-order chi connectivity index (χ0) is 6.69. The van der Waals surface area contributed by atoms with Gasteiger partial charge < -0.3 is 0 Å². The van der Waals surface area contributed by atoms with E-state index < -0.39 is 0 Å². The zero-order valence-corrected chi connectivity index (χ0v) is 8.93. The van der Waals surface area contributed by atoms with Crippen molar-refractivity contribution in [2.45, 2.75) is 2.77 Å². The quantitative estimate of drug-likeness (QED) is 0.550. The Labute approximate surface area is 77.3 Å². The van der Waals surface area contributed by atoms with Crippen molar-refractivity contribution >= 4 is 39.0 Å². The Morgan fingerprint density at radius 2 is 1.78 bits per heavy atom. The molecule has 0 aliphatic carbocycles. The average molecular weight is 292 g/mol. The van der Waals surface area contributed by atoms with Gasteiger partial charge in [-0.1, -0.05) is 0 Å². The van der Waals surface area contributed by atoms with Crippen LogP contribution < -0.4 is 0 Å². The first-order valence-corrected chi connectivity index (χ1v) is 5.07. The molecule has 0 aliphatic heterocycles. The van der Waals surface area contributed by atoms with E-state index in [0.717, 1.165) is 0 Å². The number of rotatable bonds is 1. The molecule has 1 unspecified atom stereocenters. The molecule has 2 radical (unpaired) electrons. The number of hydrogen-bond donors (Lipinski definition) is 0. The summed E-state index contributed by atoms with van der Waals surface area (Å²) in [7, 11) is 0. The summed E-state index contributed by atoms with van der Waals surface area (Å²) >= 11 is 5.28. The van der Waals surface area contributed by atoms with Crippen molar-refractivity contribution in [3.63, 3.8) is 0 Å². The van der Waals surface area contributed by atoms with Crippen molar-refractivity contribution in [1.82, 2.24) is 0 Å². The van der Waals surface area contributed by atoms with Crippen LogP contribution in [0.25, 0.3) is 0 Å². The van der Waals surface area contributed by atoms with Crippen LogP contribution in [0.4, 0.5) is 0 Å². The molecule has 1 aromatic carbocycles. The second kappa shape index (κ2) is 3.63. The molecule has 46 valence electrons. The molecule has 0 aliphatic rings. The molecule has 0 N–H and O–H groups in total. The van der Waals surface area contributed by atoms with Gasteiger partial charge in [0.05, 0.1) is 0 Å². The van der Waals surface area contributed by atoms with Gasteiger partial charge in [-0.15, -0.1) is 0 Å². The van der Waals surface area contributed by atoms with Crippen LogP contribution in [0, 0.1) is 0 Å². The summed E-state index contributed by atoms with van der Waals surface area (Å²) in [6.07, 6.45) is 0. The van der Waals surface area contributed by atoms with E-state index in [2.05, 4.69) is 40.2 Å². The van der Waals surface area contributed by atoms with Gasteiger partial charge in [0.1, 0.15) is 0 Å². The van der Waals surface area contributed by atoms with E-state index in [4.69, 9.17) is 0 Å². The first kappa shape index (κ1) is 7.62. The molecule has 0 fully saturated rings. The predicted octanol–water partition coefficient (Wildman–Crippen LogP) is 2.25. The Bertz CT molecular complexity index is 172. The molecule has 1 rings (SSSR count). The van der Waals surface area contributed by atoms with E-state index in [1.165, 1.54) is 5.56 Å². The molecule has 2 heteroatoms. The van der Waals surface area contributed by atoms with Crippen LogP contribution in [0.3, 0.4) is 0 Å². The Hall–Kier alpha value is 0.518. The van der Waals surface area contributed by atoms with Crippen LogP contribution in [0.1, 0.15) is 8.34 Å². The molecule has 0 nitrogen and oxygen atoms in total. The minimum atomic E-state index is 0.521. The molecule has 0 amide bonds. The van der Waals surface area contributed by atoms with Crippen molar-refractivity contribution in [3.05, 3.63) is 35.9 Å². The SMILES string of the molecule is Br[CH]([Sb])c1ccccc1. The normalized spacial score (nSPS) is 13.1. The van der Waals surface area contributed by atoms with Crippen LogP contribution in [-0.2, 0) is 0 Å². The Balaban J connectivity index is 2.85. The molecule has 0 saturated carbocycles. The van der Waals surface area contributed by atoms with Gasteiger partial charge in [0.2, 0.25) is 0 Å². The summed E-state index contributed by atoms with van der Waals surface area (Å²) in [4.78, 5) is 0. The standard InChI is InChI=1S/C7H6Br.Sb/c8-6-7-4-2-1-3-5-7;/h1-6H;.